The number of rotatable bonds is 2. The van der Waals surface area contributed by atoms with Crippen LogP contribution in [0.4, 0.5) is 0 Å². The zero-order chi connectivity index (χ0) is 16.4. The van der Waals surface area contributed by atoms with E-state index < -0.39 is 0 Å². The number of phenols is 1. The van der Waals surface area contributed by atoms with Gasteiger partial charge in [0.2, 0.25) is 0 Å². The summed E-state index contributed by atoms with van der Waals surface area (Å²) in [4.78, 5) is 17.0. The van der Waals surface area contributed by atoms with Gasteiger partial charge in [-0.15, -0.1) is 0 Å². The molecule has 1 aliphatic rings. The standard InChI is InChI=1S/C18H19ClN2O2/c1-20-9-10-21(17(12-20)13-5-3-2-4-6-13)18(23)15-11-14(22)7-8-16(15)19/h2-8,11,17,22H,9-10,12H2,1H3. The molecule has 1 heterocycles. The van der Waals surface area contributed by atoms with Gasteiger partial charge >= 0.3 is 0 Å². The van der Waals surface area contributed by atoms with Crippen LogP contribution in [0.1, 0.15) is 22.0 Å². The highest BCUT2D eigenvalue weighted by atomic mass is 35.5. The fourth-order valence-corrected chi connectivity index (χ4v) is 3.15. The van der Waals surface area contributed by atoms with Gasteiger partial charge in [-0.1, -0.05) is 41.9 Å². The summed E-state index contributed by atoms with van der Waals surface area (Å²) in [6.45, 7) is 2.21. The number of hydrogen-bond donors (Lipinski definition) is 1. The van der Waals surface area contributed by atoms with E-state index in [2.05, 4.69) is 11.9 Å². The third-order valence-corrected chi connectivity index (χ3v) is 4.54. The maximum atomic E-state index is 13.0. The Bertz CT molecular complexity index is 705. The van der Waals surface area contributed by atoms with Crippen LogP contribution in [0.2, 0.25) is 5.02 Å². The van der Waals surface area contributed by atoms with Crippen molar-refractivity contribution in [2.45, 2.75) is 6.04 Å². The van der Waals surface area contributed by atoms with Crippen LogP contribution in [0.25, 0.3) is 0 Å². The van der Waals surface area contributed by atoms with Crippen LogP contribution in [0.15, 0.2) is 48.5 Å². The van der Waals surface area contributed by atoms with E-state index in [4.69, 9.17) is 11.6 Å². The van der Waals surface area contributed by atoms with E-state index in [0.717, 1.165) is 18.7 Å². The van der Waals surface area contributed by atoms with Crippen molar-refractivity contribution in [2.24, 2.45) is 0 Å². The lowest BCUT2D eigenvalue weighted by molar-refractivity contribution is 0.0498. The zero-order valence-electron chi connectivity index (χ0n) is 12.9. The Kier molecular flexibility index (Phi) is 4.55. The Morgan fingerprint density at radius 2 is 1.91 bits per heavy atom. The quantitative estimate of drug-likeness (QED) is 0.919. The molecule has 120 valence electrons. The summed E-state index contributed by atoms with van der Waals surface area (Å²) in [7, 11) is 2.05. The SMILES string of the molecule is CN1CCN(C(=O)c2cc(O)ccc2Cl)C(c2ccccc2)C1. The highest BCUT2D eigenvalue weighted by Crippen LogP contribution is 2.29. The summed E-state index contributed by atoms with van der Waals surface area (Å²) in [5.74, 6) is -0.101. The average molecular weight is 331 g/mol. The normalized spacial score (nSPS) is 18.9. The number of amides is 1. The maximum absolute atomic E-state index is 13.0. The summed E-state index contributed by atoms with van der Waals surface area (Å²) in [6.07, 6.45) is 0. The molecule has 0 radical (unpaired) electrons. The number of halogens is 1. The predicted octanol–water partition coefficient (Wildman–Crippen LogP) is 3.17. The van der Waals surface area contributed by atoms with E-state index >= 15 is 0 Å². The molecule has 1 saturated heterocycles. The molecule has 0 aliphatic carbocycles. The summed E-state index contributed by atoms with van der Waals surface area (Å²) in [5.41, 5.74) is 1.45. The van der Waals surface area contributed by atoms with Crippen LogP contribution in [0.5, 0.6) is 5.75 Å². The minimum absolute atomic E-state index is 0.0270. The van der Waals surface area contributed by atoms with Crippen LogP contribution in [-0.4, -0.2) is 47.5 Å². The number of carbonyl (C=O) groups is 1. The number of aromatic hydroxyl groups is 1. The van der Waals surface area contributed by atoms with Crippen molar-refractivity contribution < 1.29 is 9.90 Å². The minimum atomic E-state index is -0.146. The molecule has 5 heteroatoms. The number of hydrogen-bond acceptors (Lipinski definition) is 3. The van der Waals surface area contributed by atoms with Crippen molar-refractivity contribution in [3.05, 3.63) is 64.7 Å². The zero-order valence-corrected chi connectivity index (χ0v) is 13.7. The van der Waals surface area contributed by atoms with Gasteiger partial charge in [-0.2, -0.15) is 0 Å². The maximum Gasteiger partial charge on any atom is 0.256 e. The highest BCUT2D eigenvalue weighted by molar-refractivity contribution is 6.33. The first-order valence-corrected chi connectivity index (χ1v) is 7.97. The fourth-order valence-electron chi connectivity index (χ4n) is 2.95. The molecule has 1 N–H and O–H groups in total. The second-order valence-corrected chi connectivity index (χ2v) is 6.26. The molecule has 0 bridgehead atoms. The van der Waals surface area contributed by atoms with Crippen LogP contribution < -0.4 is 0 Å². The Morgan fingerprint density at radius 3 is 2.65 bits per heavy atom. The summed E-state index contributed by atoms with van der Waals surface area (Å²) in [5, 5.41) is 10.0. The van der Waals surface area contributed by atoms with Crippen molar-refractivity contribution in [1.82, 2.24) is 9.80 Å². The largest absolute Gasteiger partial charge is 0.508 e. The molecule has 23 heavy (non-hydrogen) atoms. The first-order chi connectivity index (χ1) is 11.1. The Morgan fingerprint density at radius 1 is 1.17 bits per heavy atom. The van der Waals surface area contributed by atoms with Gasteiger partial charge in [-0.25, -0.2) is 0 Å². The van der Waals surface area contributed by atoms with Gasteiger partial charge in [0.15, 0.2) is 0 Å². The van der Waals surface area contributed by atoms with Gasteiger partial charge in [0, 0.05) is 19.6 Å². The third-order valence-electron chi connectivity index (χ3n) is 4.21. The van der Waals surface area contributed by atoms with Crippen molar-refractivity contribution in [3.8, 4) is 5.75 Å². The number of piperazine rings is 1. The number of phenolic OH excluding ortho intramolecular Hbond substituents is 1. The van der Waals surface area contributed by atoms with Crippen molar-refractivity contribution in [1.29, 1.82) is 0 Å². The number of nitrogens with zero attached hydrogens (tertiary/aromatic N) is 2. The van der Waals surface area contributed by atoms with Crippen molar-refractivity contribution >= 4 is 17.5 Å². The molecule has 1 atom stereocenters. The Labute approximate surface area is 140 Å². The lowest BCUT2D eigenvalue weighted by Crippen LogP contribution is -2.49. The first-order valence-electron chi connectivity index (χ1n) is 7.59. The van der Waals surface area contributed by atoms with Gasteiger partial charge in [-0.3, -0.25) is 4.79 Å². The molecule has 1 unspecified atom stereocenters. The van der Waals surface area contributed by atoms with Gasteiger partial charge in [-0.05, 0) is 30.8 Å². The van der Waals surface area contributed by atoms with Crippen molar-refractivity contribution in [3.63, 3.8) is 0 Å². The van der Waals surface area contributed by atoms with Gasteiger partial charge < -0.3 is 14.9 Å². The molecule has 4 nitrogen and oxygen atoms in total. The molecule has 1 amide bonds. The molecule has 0 aromatic heterocycles. The topological polar surface area (TPSA) is 43.8 Å². The van der Waals surface area contributed by atoms with Crippen molar-refractivity contribution in [2.75, 3.05) is 26.7 Å². The highest BCUT2D eigenvalue weighted by Gasteiger charge is 2.31. The van der Waals surface area contributed by atoms with Crippen LogP contribution >= 0.6 is 11.6 Å². The molecule has 1 aliphatic heterocycles. The lowest BCUT2D eigenvalue weighted by atomic mass is 10.0. The number of benzene rings is 2. The predicted molar refractivity (Wildman–Crippen MR) is 90.8 cm³/mol. The van der Waals surface area contributed by atoms with E-state index in [9.17, 15) is 9.90 Å². The molecular weight excluding hydrogens is 312 g/mol. The van der Waals surface area contributed by atoms with E-state index in [1.54, 1.807) is 6.07 Å². The lowest BCUT2D eigenvalue weighted by Gasteiger charge is -2.40. The molecule has 0 saturated carbocycles. The summed E-state index contributed by atoms with van der Waals surface area (Å²) in [6, 6.07) is 14.4. The van der Waals surface area contributed by atoms with Crippen LogP contribution in [0.3, 0.4) is 0 Å². The summed E-state index contributed by atoms with van der Waals surface area (Å²) >= 11 is 6.16. The monoisotopic (exact) mass is 330 g/mol. The van der Waals surface area contributed by atoms with Gasteiger partial charge in [0.25, 0.3) is 5.91 Å². The Balaban J connectivity index is 1.95. The second-order valence-electron chi connectivity index (χ2n) is 5.85. The van der Waals surface area contributed by atoms with Crippen LogP contribution in [0, 0.1) is 0 Å². The molecule has 2 aromatic rings. The summed E-state index contributed by atoms with van der Waals surface area (Å²) < 4.78 is 0. The smallest absolute Gasteiger partial charge is 0.256 e. The van der Waals surface area contributed by atoms with E-state index in [-0.39, 0.29) is 17.7 Å². The van der Waals surface area contributed by atoms with E-state index in [1.807, 2.05) is 35.2 Å². The molecule has 1 fully saturated rings. The minimum Gasteiger partial charge on any atom is -0.508 e. The Hall–Kier alpha value is -2.04. The second kappa shape index (κ2) is 6.60. The first kappa shape index (κ1) is 15.8. The molecule has 3 rings (SSSR count). The molecular formula is C18H19ClN2O2. The fraction of sp³-hybridized carbons (Fsp3) is 0.278. The number of likely N-dealkylation sites (N-methyl/N-ethyl adjacent to an activating group) is 1. The average Bonchev–Trinajstić information content (AvgIpc) is 2.57. The van der Waals surface area contributed by atoms with Gasteiger partial charge in [0.05, 0.1) is 16.6 Å². The number of carbonyl (C=O) groups excluding carboxylic acids is 1. The molecule has 0 spiro atoms. The third kappa shape index (κ3) is 3.33. The van der Waals surface area contributed by atoms with Crippen LogP contribution in [-0.2, 0) is 0 Å². The molecule has 2 aromatic carbocycles. The van der Waals surface area contributed by atoms with E-state index in [1.165, 1.54) is 12.1 Å². The van der Waals surface area contributed by atoms with Gasteiger partial charge in [0.1, 0.15) is 5.75 Å². The van der Waals surface area contributed by atoms with E-state index in [0.29, 0.717) is 17.1 Å².